The van der Waals surface area contributed by atoms with E-state index < -0.39 is 12.1 Å². The van der Waals surface area contributed by atoms with Crippen molar-refractivity contribution >= 4 is 0 Å². The Morgan fingerprint density at radius 3 is 2.33 bits per heavy atom. The summed E-state index contributed by atoms with van der Waals surface area (Å²) in [6, 6.07) is 5.98. The van der Waals surface area contributed by atoms with Gasteiger partial charge in [0.2, 0.25) is 0 Å². The molecule has 2 atom stereocenters. The van der Waals surface area contributed by atoms with E-state index in [9.17, 15) is 13.2 Å². The van der Waals surface area contributed by atoms with Crippen LogP contribution in [0.4, 0.5) is 13.2 Å². The van der Waals surface area contributed by atoms with Crippen molar-refractivity contribution in [2.45, 2.75) is 50.7 Å². The van der Waals surface area contributed by atoms with Gasteiger partial charge in [-0.2, -0.15) is 13.2 Å². The fraction of sp³-hybridized carbons (Fsp3) is 0.688. The van der Waals surface area contributed by atoms with Crippen molar-refractivity contribution in [3.05, 3.63) is 30.1 Å². The number of rotatable bonds is 4. The Bertz CT molecular complexity index is 425. The summed E-state index contributed by atoms with van der Waals surface area (Å²) in [6.45, 7) is 2.10. The average Bonchev–Trinajstić information content (AvgIpc) is 2.48. The molecule has 1 aromatic rings. The molecule has 1 aliphatic carbocycles. The lowest BCUT2D eigenvalue weighted by Gasteiger charge is -2.37. The second kappa shape index (κ2) is 6.77. The highest BCUT2D eigenvalue weighted by atomic mass is 19.4. The summed E-state index contributed by atoms with van der Waals surface area (Å²) in [6.07, 6.45) is -0.506. The average molecular weight is 300 g/mol. The lowest BCUT2D eigenvalue weighted by Crippen LogP contribution is -2.41. The fourth-order valence-corrected chi connectivity index (χ4v) is 3.53. The summed E-state index contributed by atoms with van der Waals surface area (Å²) in [5.74, 6) is -0.634. The van der Waals surface area contributed by atoms with Crippen LogP contribution in [-0.4, -0.2) is 24.2 Å². The number of hydrogen-bond acceptors (Lipinski definition) is 2. The summed E-state index contributed by atoms with van der Waals surface area (Å²) in [7, 11) is 1.89. The van der Waals surface area contributed by atoms with E-state index in [4.69, 9.17) is 0 Å². The molecule has 2 rings (SSSR count). The van der Waals surface area contributed by atoms with Crippen LogP contribution in [0, 0.1) is 11.8 Å². The summed E-state index contributed by atoms with van der Waals surface area (Å²) in [5.41, 5.74) is 0.995. The van der Waals surface area contributed by atoms with E-state index in [0.717, 1.165) is 5.69 Å². The van der Waals surface area contributed by atoms with E-state index in [1.165, 1.54) is 0 Å². The van der Waals surface area contributed by atoms with E-state index in [0.29, 0.717) is 12.8 Å². The maximum atomic E-state index is 12.7. The maximum absolute atomic E-state index is 12.7. The Balaban J connectivity index is 2.00. The number of aromatic nitrogens is 1. The van der Waals surface area contributed by atoms with Gasteiger partial charge in [-0.1, -0.05) is 13.0 Å². The van der Waals surface area contributed by atoms with Crippen molar-refractivity contribution in [3.63, 3.8) is 0 Å². The Morgan fingerprint density at radius 1 is 1.19 bits per heavy atom. The minimum Gasteiger partial charge on any atom is -0.316 e. The topological polar surface area (TPSA) is 24.9 Å². The molecule has 0 radical (unpaired) electrons. The molecule has 1 fully saturated rings. The highest BCUT2D eigenvalue weighted by molar-refractivity contribution is 5.12. The van der Waals surface area contributed by atoms with Gasteiger partial charge in [0.15, 0.2) is 0 Å². The minimum absolute atomic E-state index is 0.175. The maximum Gasteiger partial charge on any atom is 0.391 e. The van der Waals surface area contributed by atoms with Gasteiger partial charge < -0.3 is 5.32 Å². The number of pyridine rings is 1. The molecule has 21 heavy (non-hydrogen) atoms. The third kappa shape index (κ3) is 3.96. The van der Waals surface area contributed by atoms with Crippen molar-refractivity contribution < 1.29 is 13.2 Å². The highest BCUT2D eigenvalue weighted by Gasteiger charge is 2.43. The highest BCUT2D eigenvalue weighted by Crippen LogP contribution is 2.42. The van der Waals surface area contributed by atoms with Crippen molar-refractivity contribution in [2.75, 3.05) is 7.05 Å². The van der Waals surface area contributed by atoms with Gasteiger partial charge in [0, 0.05) is 23.9 Å². The molecule has 0 amide bonds. The summed E-state index contributed by atoms with van der Waals surface area (Å²) < 4.78 is 38.2. The third-order valence-electron chi connectivity index (χ3n) is 4.77. The molecule has 1 heterocycles. The standard InChI is InChI=1S/C16H23F3N2/c1-11(14-5-3-4-10-21-14)15(20-2)12-6-8-13(9-7-12)16(17,18)19/h3-5,10-13,15,20H,6-9H2,1-2H3. The van der Waals surface area contributed by atoms with Gasteiger partial charge in [0.1, 0.15) is 0 Å². The van der Waals surface area contributed by atoms with Gasteiger partial charge >= 0.3 is 6.18 Å². The molecule has 2 nitrogen and oxygen atoms in total. The zero-order valence-electron chi connectivity index (χ0n) is 12.5. The second-order valence-electron chi connectivity index (χ2n) is 6.01. The molecule has 1 saturated carbocycles. The Morgan fingerprint density at radius 2 is 1.86 bits per heavy atom. The lowest BCUT2D eigenvalue weighted by molar-refractivity contribution is -0.184. The number of alkyl halides is 3. The van der Waals surface area contributed by atoms with Gasteiger partial charge in [0.25, 0.3) is 0 Å². The SMILES string of the molecule is CNC(C1CCC(C(F)(F)F)CC1)C(C)c1ccccn1. The largest absolute Gasteiger partial charge is 0.391 e. The van der Waals surface area contributed by atoms with E-state index >= 15 is 0 Å². The molecular formula is C16H23F3N2. The minimum atomic E-state index is -4.04. The van der Waals surface area contributed by atoms with Gasteiger partial charge in [-0.25, -0.2) is 0 Å². The van der Waals surface area contributed by atoms with Crippen LogP contribution in [0.2, 0.25) is 0 Å². The van der Waals surface area contributed by atoms with E-state index in [-0.39, 0.29) is 30.7 Å². The Kier molecular flexibility index (Phi) is 5.25. The van der Waals surface area contributed by atoms with Crippen molar-refractivity contribution in [1.29, 1.82) is 0 Å². The number of halogens is 3. The first-order chi connectivity index (χ1) is 9.93. The molecular weight excluding hydrogens is 277 g/mol. The molecule has 0 saturated heterocycles. The Labute approximate surface area is 124 Å². The van der Waals surface area contributed by atoms with Crippen LogP contribution in [0.25, 0.3) is 0 Å². The predicted molar refractivity (Wildman–Crippen MR) is 77.0 cm³/mol. The van der Waals surface area contributed by atoms with Crippen LogP contribution >= 0.6 is 0 Å². The zero-order valence-corrected chi connectivity index (χ0v) is 12.5. The Hall–Kier alpha value is -1.10. The van der Waals surface area contributed by atoms with Crippen LogP contribution in [0.3, 0.4) is 0 Å². The molecule has 0 aromatic carbocycles. The quantitative estimate of drug-likeness (QED) is 0.904. The van der Waals surface area contributed by atoms with Crippen molar-refractivity contribution in [2.24, 2.45) is 11.8 Å². The lowest BCUT2D eigenvalue weighted by atomic mass is 9.74. The van der Waals surface area contributed by atoms with Gasteiger partial charge in [-0.05, 0) is 50.8 Å². The molecule has 1 aliphatic rings. The predicted octanol–water partition coefficient (Wildman–Crippen LogP) is 4.14. The van der Waals surface area contributed by atoms with Crippen LogP contribution in [0.15, 0.2) is 24.4 Å². The second-order valence-corrected chi connectivity index (χ2v) is 6.01. The first kappa shape index (κ1) is 16.3. The number of likely N-dealkylation sites (N-methyl/N-ethyl adjacent to an activating group) is 1. The van der Waals surface area contributed by atoms with Gasteiger partial charge in [-0.15, -0.1) is 0 Å². The van der Waals surface area contributed by atoms with Crippen LogP contribution in [-0.2, 0) is 0 Å². The van der Waals surface area contributed by atoms with Crippen LogP contribution in [0.1, 0.15) is 44.2 Å². The zero-order chi connectivity index (χ0) is 15.5. The summed E-state index contributed by atoms with van der Waals surface area (Å²) in [4.78, 5) is 4.38. The number of hydrogen-bond donors (Lipinski definition) is 1. The molecule has 1 N–H and O–H groups in total. The van der Waals surface area contributed by atoms with E-state index in [2.05, 4.69) is 17.2 Å². The molecule has 1 aromatic heterocycles. The molecule has 2 unspecified atom stereocenters. The van der Waals surface area contributed by atoms with Crippen LogP contribution in [0.5, 0.6) is 0 Å². The molecule has 0 spiro atoms. The number of nitrogens with one attached hydrogen (secondary N) is 1. The van der Waals surface area contributed by atoms with E-state index in [1.54, 1.807) is 6.20 Å². The molecule has 0 aliphatic heterocycles. The normalized spacial score (nSPS) is 26.3. The van der Waals surface area contributed by atoms with Crippen molar-refractivity contribution in [1.82, 2.24) is 10.3 Å². The monoisotopic (exact) mass is 300 g/mol. The van der Waals surface area contributed by atoms with Gasteiger partial charge in [0.05, 0.1) is 5.92 Å². The molecule has 5 heteroatoms. The third-order valence-corrected chi connectivity index (χ3v) is 4.77. The summed E-state index contributed by atoms with van der Waals surface area (Å²) in [5, 5.41) is 3.30. The van der Waals surface area contributed by atoms with E-state index in [1.807, 2.05) is 25.2 Å². The molecule has 0 bridgehead atoms. The first-order valence-corrected chi connectivity index (χ1v) is 7.58. The van der Waals surface area contributed by atoms with Crippen molar-refractivity contribution in [3.8, 4) is 0 Å². The first-order valence-electron chi connectivity index (χ1n) is 7.58. The van der Waals surface area contributed by atoms with Crippen LogP contribution < -0.4 is 5.32 Å². The fourth-order valence-electron chi connectivity index (χ4n) is 3.53. The number of nitrogens with zero attached hydrogens (tertiary/aromatic N) is 1. The summed E-state index contributed by atoms with van der Waals surface area (Å²) >= 11 is 0. The smallest absolute Gasteiger partial charge is 0.316 e. The molecule has 118 valence electrons. The van der Waals surface area contributed by atoms with Gasteiger partial charge in [-0.3, -0.25) is 4.98 Å².